The maximum Gasteiger partial charge on any atom is 0.141 e. The van der Waals surface area contributed by atoms with Crippen LogP contribution in [-0.2, 0) is 11.0 Å². The van der Waals surface area contributed by atoms with E-state index in [1.807, 2.05) is 34.6 Å². The van der Waals surface area contributed by atoms with E-state index in [0.717, 1.165) is 0 Å². The van der Waals surface area contributed by atoms with E-state index in [0.29, 0.717) is 0 Å². The van der Waals surface area contributed by atoms with Crippen molar-refractivity contribution in [1.29, 1.82) is 0 Å². The number of hydrogen-bond donors (Lipinski definition) is 0. The molecule has 3 heteroatoms. The molecule has 0 saturated heterocycles. The monoisotopic (exact) mass is 175 g/mol. The van der Waals surface area contributed by atoms with E-state index < -0.39 is 11.0 Å². The highest BCUT2D eigenvalue weighted by Crippen LogP contribution is 2.09. The molecule has 0 fully saturated rings. The molecule has 11 heavy (non-hydrogen) atoms. The molecule has 0 aliphatic carbocycles. The van der Waals surface area contributed by atoms with Crippen molar-refractivity contribution >= 4 is 17.2 Å². The predicted molar refractivity (Wildman–Crippen MR) is 51.2 cm³/mol. The number of nitrogens with zero attached hydrogens (tertiary/aromatic N) is 1. The van der Waals surface area contributed by atoms with E-state index in [4.69, 9.17) is 0 Å². The summed E-state index contributed by atoms with van der Waals surface area (Å²) in [5.74, 6) is 0. The molecule has 1 atom stereocenters. The van der Waals surface area contributed by atoms with Gasteiger partial charge in [-0.25, -0.2) is 4.21 Å². The second kappa shape index (κ2) is 4.00. The first-order chi connectivity index (χ1) is 4.83. The SMILES string of the molecule is CC(C)[S@](=O)N=CC(C)(C)C. The smallest absolute Gasteiger partial charge is 0.141 e. The molecule has 0 heterocycles. The summed E-state index contributed by atoms with van der Waals surface area (Å²) in [6.45, 7) is 9.91. The van der Waals surface area contributed by atoms with Crippen LogP contribution in [0, 0.1) is 5.41 Å². The quantitative estimate of drug-likeness (QED) is 0.591. The molecule has 0 N–H and O–H groups in total. The molecule has 0 radical (unpaired) electrons. The summed E-state index contributed by atoms with van der Waals surface area (Å²) in [6.07, 6.45) is 1.75. The van der Waals surface area contributed by atoms with Crippen molar-refractivity contribution in [2.75, 3.05) is 0 Å². The Hall–Kier alpha value is -0.180. The van der Waals surface area contributed by atoms with Crippen molar-refractivity contribution in [3.05, 3.63) is 0 Å². The van der Waals surface area contributed by atoms with Gasteiger partial charge in [-0.15, -0.1) is 0 Å². The lowest BCUT2D eigenvalue weighted by Crippen LogP contribution is -2.09. The van der Waals surface area contributed by atoms with Gasteiger partial charge in [0.05, 0.1) is 5.25 Å². The van der Waals surface area contributed by atoms with Gasteiger partial charge in [-0.05, 0) is 19.3 Å². The Morgan fingerprint density at radius 1 is 1.36 bits per heavy atom. The van der Waals surface area contributed by atoms with Crippen LogP contribution in [0.4, 0.5) is 0 Å². The molecule has 0 unspecified atom stereocenters. The lowest BCUT2D eigenvalue weighted by molar-refractivity contribution is 0.607. The minimum Gasteiger partial charge on any atom is -0.235 e. The maximum atomic E-state index is 11.1. The third-order valence-corrected chi connectivity index (χ3v) is 2.07. The van der Waals surface area contributed by atoms with Crippen molar-refractivity contribution in [2.45, 2.75) is 39.9 Å². The second-order valence-electron chi connectivity index (χ2n) is 3.93. The topological polar surface area (TPSA) is 29.4 Å². The molecule has 0 aliphatic rings. The van der Waals surface area contributed by atoms with E-state index >= 15 is 0 Å². The maximum absolute atomic E-state index is 11.1. The van der Waals surface area contributed by atoms with Gasteiger partial charge in [0.15, 0.2) is 0 Å². The zero-order valence-corrected chi connectivity index (χ0v) is 8.73. The molecule has 0 aliphatic heterocycles. The van der Waals surface area contributed by atoms with E-state index in [1.54, 1.807) is 6.21 Å². The summed E-state index contributed by atoms with van der Waals surface area (Å²) in [6, 6.07) is 0. The Morgan fingerprint density at radius 2 is 1.82 bits per heavy atom. The average Bonchev–Trinajstić information content (AvgIpc) is 1.80. The Labute approximate surface area is 71.7 Å². The van der Waals surface area contributed by atoms with E-state index in [2.05, 4.69) is 4.40 Å². The van der Waals surface area contributed by atoms with Crippen LogP contribution in [0.2, 0.25) is 0 Å². The van der Waals surface area contributed by atoms with Crippen molar-refractivity contribution < 1.29 is 4.21 Å². The Kier molecular flexibility index (Phi) is 3.93. The van der Waals surface area contributed by atoms with Crippen LogP contribution >= 0.6 is 0 Å². The molecule has 0 spiro atoms. The van der Waals surface area contributed by atoms with Gasteiger partial charge in [0.1, 0.15) is 11.0 Å². The van der Waals surface area contributed by atoms with E-state index in [1.165, 1.54) is 0 Å². The van der Waals surface area contributed by atoms with Crippen LogP contribution in [0.15, 0.2) is 4.40 Å². The molecule has 66 valence electrons. The highest BCUT2D eigenvalue weighted by atomic mass is 32.2. The van der Waals surface area contributed by atoms with Crippen molar-refractivity contribution in [2.24, 2.45) is 9.81 Å². The lowest BCUT2D eigenvalue weighted by Gasteiger charge is -2.09. The molecular formula is C8H17NOS. The minimum absolute atomic E-state index is 0.0323. The van der Waals surface area contributed by atoms with Crippen molar-refractivity contribution in [3.63, 3.8) is 0 Å². The first-order valence-corrected chi connectivity index (χ1v) is 4.96. The number of hydrogen-bond acceptors (Lipinski definition) is 1. The Balaban J connectivity index is 4.05. The highest BCUT2D eigenvalue weighted by molar-refractivity contribution is 7.84. The predicted octanol–water partition coefficient (Wildman–Crippen LogP) is 2.18. The van der Waals surface area contributed by atoms with Crippen LogP contribution in [0.1, 0.15) is 34.6 Å². The van der Waals surface area contributed by atoms with Crippen LogP contribution < -0.4 is 0 Å². The first kappa shape index (κ1) is 10.8. The molecule has 0 aromatic carbocycles. The van der Waals surface area contributed by atoms with Gasteiger partial charge in [-0.2, -0.15) is 4.40 Å². The molecule has 0 aromatic rings. The van der Waals surface area contributed by atoms with Gasteiger partial charge in [-0.1, -0.05) is 20.8 Å². The van der Waals surface area contributed by atoms with Gasteiger partial charge >= 0.3 is 0 Å². The first-order valence-electron chi connectivity index (χ1n) is 3.79. The fourth-order valence-electron chi connectivity index (χ4n) is 0.332. The van der Waals surface area contributed by atoms with Gasteiger partial charge in [0, 0.05) is 6.21 Å². The molecular weight excluding hydrogens is 158 g/mol. The van der Waals surface area contributed by atoms with Gasteiger partial charge < -0.3 is 0 Å². The highest BCUT2D eigenvalue weighted by Gasteiger charge is 2.07. The summed E-state index contributed by atoms with van der Waals surface area (Å²) in [5, 5.41) is 0.119. The van der Waals surface area contributed by atoms with E-state index in [-0.39, 0.29) is 10.7 Å². The minimum atomic E-state index is -1.05. The standard InChI is InChI=1S/C8H17NOS/c1-7(2)11(10)9-6-8(3,4)5/h6-7H,1-5H3/t11-/m0/s1. The summed E-state index contributed by atoms with van der Waals surface area (Å²) in [7, 11) is -1.05. The third-order valence-electron chi connectivity index (χ3n) is 0.947. The summed E-state index contributed by atoms with van der Waals surface area (Å²) < 4.78 is 15.0. The average molecular weight is 175 g/mol. The fraction of sp³-hybridized carbons (Fsp3) is 0.875. The molecule has 0 amide bonds. The fourth-order valence-corrected chi connectivity index (χ4v) is 0.995. The number of rotatable bonds is 2. The Morgan fingerprint density at radius 3 is 2.09 bits per heavy atom. The zero-order valence-electron chi connectivity index (χ0n) is 7.92. The van der Waals surface area contributed by atoms with Gasteiger partial charge in [0.25, 0.3) is 0 Å². The molecule has 2 nitrogen and oxygen atoms in total. The molecule has 0 rings (SSSR count). The molecule has 0 bridgehead atoms. The Bertz CT molecular complexity index is 167. The van der Waals surface area contributed by atoms with Crippen LogP contribution in [0.5, 0.6) is 0 Å². The molecule has 0 saturated carbocycles. The molecule has 0 aromatic heterocycles. The van der Waals surface area contributed by atoms with Crippen LogP contribution in [0.3, 0.4) is 0 Å². The lowest BCUT2D eigenvalue weighted by atomic mass is 10.00. The third kappa shape index (κ3) is 6.23. The van der Waals surface area contributed by atoms with E-state index in [9.17, 15) is 4.21 Å². The van der Waals surface area contributed by atoms with Crippen LogP contribution in [0.25, 0.3) is 0 Å². The summed E-state index contributed by atoms with van der Waals surface area (Å²) in [5.41, 5.74) is 0.0323. The van der Waals surface area contributed by atoms with Crippen molar-refractivity contribution in [1.82, 2.24) is 0 Å². The summed E-state index contributed by atoms with van der Waals surface area (Å²) in [4.78, 5) is 0. The van der Waals surface area contributed by atoms with Crippen molar-refractivity contribution in [3.8, 4) is 0 Å². The second-order valence-corrected chi connectivity index (χ2v) is 5.63. The van der Waals surface area contributed by atoms with Crippen LogP contribution in [-0.4, -0.2) is 15.7 Å². The van der Waals surface area contributed by atoms with Gasteiger partial charge in [0.2, 0.25) is 0 Å². The normalized spacial score (nSPS) is 16.2. The van der Waals surface area contributed by atoms with Gasteiger partial charge in [-0.3, -0.25) is 0 Å². The largest absolute Gasteiger partial charge is 0.235 e. The zero-order chi connectivity index (χ0) is 9.07. The summed E-state index contributed by atoms with van der Waals surface area (Å²) >= 11 is 0.